The Labute approximate surface area is 143 Å². The largest absolute Gasteiger partial charge is 0.493 e. The van der Waals surface area contributed by atoms with Crippen molar-refractivity contribution in [3.05, 3.63) is 38.8 Å². The van der Waals surface area contributed by atoms with Gasteiger partial charge in [-0.15, -0.1) is 10.2 Å². The normalized spacial score (nSPS) is 11.1. The summed E-state index contributed by atoms with van der Waals surface area (Å²) in [6, 6.07) is 3.43. The second-order valence-corrected chi connectivity index (χ2v) is 5.57. The van der Waals surface area contributed by atoms with Gasteiger partial charge in [0.15, 0.2) is 11.5 Å². The molecule has 0 spiro atoms. The van der Waals surface area contributed by atoms with Crippen molar-refractivity contribution >= 4 is 23.8 Å². The summed E-state index contributed by atoms with van der Waals surface area (Å²) in [6.07, 6.45) is 1.47. The Morgan fingerprint density at radius 2 is 2.12 bits per heavy atom. The number of hydrogen-bond acceptors (Lipinski definition) is 7. The molecular weight excluding hydrogens is 334 g/mol. The van der Waals surface area contributed by atoms with Crippen molar-refractivity contribution in [2.24, 2.45) is 5.10 Å². The summed E-state index contributed by atoms with van der Waals surface area (Å²) in [5.74, 6) is 1.12. The van der Waals surface area contributed by atoms with Gasteiger partial charge in [0.05, 0.1) is 24.5 Å². The minimum atomic E-state index is -0.331. The fourth-order valence-electron chi connectivity index (χ4n) is 1.78. The van der Waals surface area contributed by atoms with Gasteiger partial charge in [-0.2, -0.15) is 5.10 Å². The van der Waals surface area contributed by atoms with Gasteiger partial charge in [-0.05, 0) is 38.5 Å². The van der Waals surface area contributed by atoms with Crippen molar-refractivity contribution in [3.8, 4) is 11.5 Å². The first kappa shape index (κ1) is 17.7. The number of hydrogen-bond donors (Lipinski definition) is 2. The fraction of sp³-hybridized carbons (Fsp3) is 0.333. The predicted octanol–water partition coefficient (Wildman–Crippen LogP) is 2.37. The van der Waals surface area contributed by atoms with E-state index in [1.54, 1.807) is 19.1 Å². The van der Waals surface area contributed by atoms with Crippen LogP contribution in [0.15, 0.2) is 22.0 Å². The van der Waals surface area contributed by atoms with Crippen LogP contribution in [0.2, 0.25) is 5.02 Å². The van der Waals surface area contributed by atoms with Crippen molar-refractivity contribution < 1.29 is 9.47 Å². The zero-order chi connectivity index (χ0) is 17.7. The average molecular weight is 352 g/mol. The SMILES string of the molecule is COc1cc(/C=N\Nc2nnc(C)c(=O)[nH]2)cc(Cl)c1OC(C)C. The summed E-state index contributed by atoms with van der Waals surface area (Å²) >= 11 is 6.23. The molecule has 0 amide bonds. The first-order valence-electron chi connectivity index (χ1n) is 7.17. The lowest BCUT2D eigenvalue weighted by atomic mass is 10.2. The summed E-state index contributed by atoms with van der Waals surface area (Å²) in [7, 11) is 1.53. The lowest BCUT2D eigenvalue weighted by Crippen LogP contribution is -2.15. The molecule has 1 aromatic carbocycles. The molecule has 2 rings (SSSR count). The lowest BCUT2D eigenvalue weighted by molar-refractivity contribution is 0.230. The number of halogens is 1. The number of rotatable bonds is 6. The van der Waals surface area contributed by atoms with Gasteiger partial charge in [-0.1, -0.05) is 11.6 Å². The van der Waals surface area contributed by atoms with E-state index in [0.717, 1.165) is 0 Å². The number of methoxy groups -OCH3 is 1. The summed E-state index contributed by atoms with van der Waals surface area (Å²) in [5, 5.41) is 11.9. The van der Waals surface area contributed by atoms with Gasteiger partial charge in [0.25, 0.3) is 5.56 Å². The Hall–Kier alpha value is -2.61. The zero-order valence-corrected chi connectivity index (χ0v) is 14.5. The van der Waals surface area contributed by atoms with E-state index in [0.29, 0.717) is 22.1 Å². The van der Waals surface area contributed by atoms with E-state index in [-0.39, 0.29) is 23.3 Å². The van der Waals surface area contributed by atoms with E-state index in [2.05, 4.69) is 25.7 Å². The van der Waals surface area contributed by atoms with E-state index in [1.165, 1.54) is 13.3 Å². The summed E-state index contributed by atoms with van der Waals surface area (Å²) in [4.78, 5) is 13.9. The highest BCUT2D eigenvalue weighted by atomic mass is 35.5. The monoisotopic (exact) mass is 351 g/mol. The number of aromatic nitrogens is 3. The Morgan fingerprint density at radius 1 is 1.38 bits per heavy atom. The van der Waals surface area contributed by atoms with Crippen LogP contribution in [0.3, 0.4) is 0 Å². The summed E-state index contributed by atoms with van der Waals surface area (Å²) in [6.45, 7) is 5.37. The third-order valence-corrected chi connectivity index (χ3v) is 3.13. The molecule has 0 aliphatic rings. The molecule has 2 aromatic rings. The van der Waals surface area contributed by atoms with Gasteiger partial charge in [-0.3, -0.25) is 9.78 Å². The third kappa shape index (κ3) is 4.45. The Bertz CT molecular complexity index is 804. The molecule has 0 aliphatic heterocycles. The van der Waals surface area contributed by atoms with Gasteiger partial charge >= 0.3 is 0 Å². The molecule has 1 aromatic heterocycles. The van der Waals surface area contributed by atoms with Crippen molar-refractivity contribution in [1.29, 1.82) is 0 Å². The van der Waals surface area contributed by atoms with Crippen molar-refractivity contribution in [3.63, 3.8) is 0 Å². The molecule has 0 saturated heterocycles. The quantitative estimate of drug-likeness (QED) is 0.612. The van der Waals surface area contributed by atoms with Gasteiger partial charge in [0, 0.05) is 0 Å². The van der Waals surface area contributed by atoms with Gasteiger partial charge in [-0.25, -0.2) is 5.43 Å². The molecule has 9 heteroatoms. The second kappa shape index (κ2) is 7.78. The van der Waals surface area contributed by atoms with Gasteiger partial charge in [0.2, 0.25) is 5.95 Å². The van der Waals surface area contributed by atoms with E-state index >= 15 is 0 Å². The minimum absolute atomic E-state index is 0.0329. The van der Waals surface area contributed by atoms with Crippen LogP contribution in [0.5, 0.6) is 11.5 Å². The molecule has 24 heavy (non-hydrogen) atoms. The van der Waals surface area contributed by atoms with E-state index in [9.17, 15) is 4.79 Å². The topological polar surface area (TPSA) is 101 Å². The number of anilines is 1. The van der Waals surface area contributed by atoms with Crippen LogP contribution in [0.1, 0.15) is 25.1 Å². The van der Waals surface area contributed by atoms with Crippen LogP contribution in [0.25, 0.3) is 0 Å². The predicted molar refractivity (Wildman–Crippen MR) is 92.4 cm³/mol. The molecule has 0 bridgehead atoms. The number of nitrogens with one attached hydrogen (secondary N) is 2. The van der Waals surface area contributed by atoms with Gasteiger partial charge in [0.1, 0.15) is 5.69 Å². The molecule has 1 heterocycles. The number of H-pyrrole nitrogens is 1. The van der Waals surface area contributed by atoms with Gasteiger partial charge < -0.3 is 9.47 Å². The van der Waals surface area contributed by atoms with Crippen molar-refractivity contribution in [2.75, 3.05) is 12.5 Å². The van der Waals surface area contributed by atoms with Crippen LogP contribution >= 0.6 is 11.6 Å². The maximum atomic E-state index is 11.4. The molecule has 8 nitrogen and oxygen atoms in total. The summed E-state index contributed by atoms with van der Waals surface area (Å²) in [5.41, 5.74) is 3.22. The Kier molecular flexibility index (Phi) is 5.75. The molecule has 0 saturated carbocycles. The molecule has 0 radical (unpaired) electrons. The van der Waals surface area contributed by atoms with E-state index < -0.39 is 0 Å². The fourth-order valence-corrected chi connectivity index (χ4v) is 2.04. The number of nitrogens with zero attached hydrogens (tertiary/aromatic N) is 3. The molecular formula is C15H18ClN5O3. The minimum Gasteiger partial charge on any atom is -0.493 e. The number of benzene rings is 1. The number of ether oxygens (including phenoxy) is 2. The van der Waals surface area contributed by atoms with E-state index in [1.807, 2.05) is 13.8 Å². The number of aryl methyl sites for hydroxylation is 1. The van der Waals surface area contributed by atoms with E-state index in [4.69, 9.17) is 21.1 Å². The van der Waals surface area contributed by atoms with Crippen LogP contribution in [-0.4, -0.2) is 34.6 Å². The maximum Gasteiger partial charge on any atom is 0.274 e. The summed E-state index contributed by atoms with van der Waals surface area (Å²) < 4.78 is 10.9. The van der Waals surface area contributed by atoms with Crippen LogP contribution in [0, 0.1) is 6.92 Å². The first-order valence-corrected chi connectivity index (χ1v) is 7.55. The molecule has 2 N–H and O–H groups in total. The lowest BCUT2D eigenvalue weighted by Gasteiger charge is -2.15. The standard InChI is InChI=1S/C15H18ClN5O3/c1-8(2)24-13-11(16)5-10(6-12(13)23-4)7-17-20-15-18-14(22)9(3)19-21-15/h5-8H,1-4H3,(H2,18,20,21,22)/b17-7-. The Morgan fingerprint density at radius 3 is 2.75 bits per heavy atom. The molecule has 0 aliphatic carbocycles. The molecule has 0 atom stereocenters. The average Bonchev–Trinajstić information content (AvgIpc) is 2.52. The van der Waals surface area contributed by atoms with Crippen molar-refractivity contribution in [1.82, 2.24) is 15.2 Å². The van der Waals surface area contributed by atoms with Crippen LogP contribution < -0.4 is 20.5 Å². The highest BCUT2D eigenvalue weighted by Crippen LogP contribution is 2.36. The number of aromatic amines is 1. The maximum absolute atomic E-state index is 11.4. The Balaban J connectivity index is 2.18. The highest BCUT2D eigenvalue weighted by Gasteiger charge is 2.12. The molecule has 0 unspecified atom stereocenters. The molecule has 128 valence electrons. The first-order chi connectivity index (χ1) is 11.4. The van der Waals surface area contributed by atoms with Crippen LogP contribution in [0.4, 0.5) is 5.95 Å². The molecule has 0 fully saturated rings. The third-order valence-electron chi connectivity index (χ3n) is 2.85. The smallest absolute Gasteiger partial charge is 0.274 e. The highest BCUT2D eigenvalue weighted by molar-refractivity contribution is 6.32. The van der Waals surface area contributed by atoms with Crippen molar-refractivity contribution in [2.45, 2.75) is 26.9 Å². The number of hydrazone groups is 1. The zero-order valence-electron chi connectivity index (χ0n) is 13.8. The second-order valence-electron chi connectivity index (χ2n) is 5.16. The van der Waals surface area contributed by atoms with Crippen LogP contribution in [-0.2, 0) is 0 Å².